The molecule has 0 aliphatic carbocycles. The lowest BCUT2D eigenvalue weighted by atomic mass is 10.0. The van der Waals surface area contributed by atoms with Crippen molar-refractivity contribution in [2.45, 2.75) is 37.6 Å². The van der Waals surface area contributed by atoms with Crippen LogP contribution < -0.4 is 0 Å². The van der Waals surface area contributed by atoms with Crippen LogP contribution in [-0.2, 0) is 9.47 Å². The van der Waals surface area contributed by atoms with E-state index in [9.17, 15) is 15.3 Å². The highest BCUT2D eigenvalue weighted by Gasteiger charge is 2.41. The van der Waals surface area contributed by atoms with Gasteiger partial charge in [0.1, 0.15) is 18.3 Å². The quantitative estimate of drug-likeness (QED) is 0.453. The summed E-state index contributed by atoms with van der Waals surface area (Å²) >= 11 is 0. The molecule has 4 unspecified atom stereocenters. The summed E-state index contributed by atoms with van der Waals surface area (Å²) in [7, 11) is 1.37. The molecule has 1 fully saturated rings. The van der Waals surface area contributed by atoms with Crippen LogP contribution in [-0.4, -0.2) is 53.1 Å². The summed E-state index contributed by atoms with van der Waals surface area (Å²) in [6.45, 7) is 1.60. The molecule has 1 saturated heterocycles. The number of aliphatic hydroxyl groups is 3. The topological polar surface area (TPSA) is 79.2 Å². The highest BCUT2D eigenvalue weighted by atomic mass is 16.7. The third-order valence-corrected chi connectivity index (χ3v) is 2.04. The minimum Gasteiger partial charge on any atom is -0.388 e. The van der Waals surface area contributed by atoms with E-state index in [0.29, 0.717) is 0 Å². The Morgan fingerprint density at radius 2 is 1.67 bits per heavy atom. The van der Waals surface area contributed by atoms with Gasteiger partial charge >= 0.3 is 0 Å². The van der Waals surface area contributed by atoms with Crippen molar-refractivity contribution >= 4 is 0 Å². The Hall–Kier alpha value is -0.200. The first kappa shape index (κ1) is 9.88. The molecule has 0 saturated carbocycles. The Morgan fingerprint density at radius 1 is 1.08 bits per heavy atom. The van der Waals surface area contributed by atoms with Gasteiger partial charge in [0.15, 0.2) is 6.29 Å². The molecule has 0 radical (unpaired) electrons. The van der Waals surface area contributed by atoms with Gasteiger partial charge in [-0.25, -0.2) is 0 Å². The van der Waals surface area contributed by atoms with Crippen molar-refractivity contribution < 1.29 is 24.8 Å². The van der Waals surface area contributed by atoms with Gasteiger partial charge in [-0.15, -0.1) is 0 Å². The average Bonchev–Trinajstić information content (AvgIpc) is 2.08. The maximum absolute atomic E-state index is 9.27. The second-order valence-corrected chi connectivity index (χ2v) is 2.92. The van der Waals surface area contributed by atoms with Crippen LogP contribution in [0.2, 0.25) is 0 Å². The van der Waals surface area contributed by atoms with E-state index >= 15 is 0 Å². The number of hydrogen-bond donors (Lipinski definition) is 3. The van der Waals surface area contributed by atoms with E-state index in [0.717, 1.165) is 0 Å². The van der Waals surface area contributed by atoms with Crippen molar-refractivity contribution in [1.29, 1.82) is 0 Å². The molecule has 12 heavy (non-hydrogen) atoms. The first-order chi connectivity index (χ1) is 5.57. The molecule has 1 rings (SSSR count). The highest BCUT2D eigenvalue weighted by Crippen LogP contribution is 2.20. The predicted octanol–water partition coefficient (Wildman–Crippen LogP) is -1.54. The van der Waals surface area contributed by atoms with Crippen molar-refractivity contribution in [3.05, 3.63) is 0 Å². The van der Waals surface area contributed by atoms with Crippen LogP contribution in [0.5, 0.6) is 0 Å². The van der Waals surface area contributed by atoms with Crippen LogP contribution in [0.3, 0.4) is 0 Å². The van der Waals surface area contributed by atoms with Gasteiger partial charge < -0.3 is 24.8 Å². The lowest BCUT2D eigenvalue weighted by Crippen LogP contribution is -2.57. The van der Waals surface area contributed by atoms with Gasteiger partial charge in [-0.3, -0.25) is 0 Å². The molecule has 3 N–H and O–H groups in total. The molecular weight excluding hydrogens is 164 g/mol. The Morgan fingerprint density at radius 3 is 2.17 bits per heavy atom. The Bertz CT molecular complexity index is 146. The second kappa shape index (κ2) is 3.68. The van der Waals surface area contributed by atoms with Crippen LogP contribution >= 0.6 is 0 Å². The van der Waals surface area contributed by atoms with E-state index in [1.54, 1.807) is 6.92 Å². The molecule has 0 aromatic heterocycles. The summed E-state index contributed by atoms with van der Waals surface area (Å²) in [5.74, 6) is 0. The first-order valence-corrected chi connectivity index (χ1v) is 3.80. The first-order valence-electron chi connectivity index (χ1n) is 3.80. The van der Waals surface area contributed by atoms with Crippen molar-refractivity contribution in [3.8, 4) is 0 Å². The Labute approximate surface area is 70.5 Å². The van der Waals surface area contributed by atoms with Crippen LogP contribution in [0.1, 0.15) is 6.92 Å². The zero-order valence-electron chi connectivity index (χ0n) is 7.04. The van der Waals surface area contributed by atoms with Gasteiger partial charge in [-0.05, 0) is 6.92 Å². The van der Waals surface area contributed by atoms with Gasteiger partial charge in [-0.1, -0.05) is 0 Å². The number of methoxy groups -OCH3 is 1. The van der Waals surface area contributed by atoms with E-state index in [1.807, 2.05) is 0 Å². The molecule has 1 aliphatic heterocycles. The van der Waals surface area contributed by atoms with Gasteiger partial charge in [0, 0.05) is 7.11 Å². The molecule has 0 amide bonds. The third-order valence-electron chi connectivity index (χ3n) is 2.04. The maximum atomic E-state index is 9.27. The van der Waals surface area contributed by atoms with E-state index < -0.39 is 30.7 Å². The molecule has 1 heterocycles. The van der Waals surface area contributed by atoms with Crippen LogP contribution in [0.4, 0.5) is 0 Å². The van der Waals surface area contributed by atoms with Gasteiger partial charge in [0.2, 0.25) is 0 Å². The largest absolute Gasteiger partial charge is 0.388 e. The fourth-order valence-corrected chi connectivity index (χ4v) is 1.21. The lowest BCUT2D eigenvalue weighted by Gasteiger charge is -2.38. The number of ether oxygens (including phenoxy) is 2. The van der Waals surface area contributed by atoms with Gasteiger partial charge in [-0.2, -0.15) is 0 Å². The molecule has 0 bridgehead atoms. The van der Waals surface area contributed by atoms with Crippen molar-refractivity contribution in [3.63, 3.8) is 0 Å². The fourth-order valence-electron chi connectivity index (χ4n) is 1.21. The zero-order valence-corrected chi connectivity index (χ0v) is 7.04. The lowest BCUT2D eigenvalue weighted by molar-refractivity contribution is -0.286. The average molecular weight is 178 g/mol. The van der Waals surface area contributed by atoms with Crippen LogP contribution in [0.15, 0.2) is 0 Å². The molecule has 5 heteroatoms. The molecule has 1 aliphatic rings. The molecule has 0 aromatic rings. The maximum Gasteiger partial charge on any atom is 0.186 e. The summed E-state index contributed by atoms with van der Waals surface area (Å²) in [6, 6.07) is 0. The van der Waals surface area contributed by atoms with E-state index in [1.165, 1.54) is 7.11 Å². The van der Waals surface area contributed by atoms with Crippen LogP contribution in [0.25, 0.3) is 0 Å². The summed E-state index contributed by atoms with van der Waals surface area (Å²) in [5.41, 5.74) is 0. The van der Waals surface area contributed by atoms with Crippen molar-refractivity contribution in [1.82, 2.24) is 0 Å². The summed E-state index contributed by atoms with van der Waals surface area (Å²) in [5, 5.41) is 27.8. The number of aliphatic hydroxyl groups excluding tert-OH is 3. The zero-order chi connectivity index (χ0) is 9.30. The van der Waals surface area contributed by atoms with E-state index in [2.05, 4.69) is 0 Å². The fraction of sp³-hybridized carbons (Fsp3) is 1.00. The molecule has 5 atom stereocenters. The molecule has 72 valence electrons. The van der Waals surface area contributed by atoms with Gasteiger partial charge in [0.05, 0.1) is 6.10 Å². The monoisotopic (exact) mass is 178 g/mol. The molecule has 5 nitrogen and oxygen atoms in total. The molecule has 0 aromatic carbocycles. The molecule has 0 spiro atoms. The van der Waals surface area contributed by atoms with E-state index in [4.69, 9.17) is 9.47 Å². The van der Waals surface area contributed by atoms with Crippen molar-refractivity contribution in [2.75, 3.05) is 7.11 Å². The summed E-state index contributed by atoms with van der Waals surface area (Å²) < 4.78 is 9.80. The smallest absolute Gasteiger partial charge is 0.186 e. The Kier molecular flexibility index (Phi) is 3.03. The highest BCUT2D eigenvalue weighted by molar-refractivity contribution is 4.86. The standard InChI is InChI=1S/C7H14O5/c1-3-4(8)5(9)6(10)7(11-2)12-3/h3-10H,1-2H3/t3?,4?,5-,6?,7?/m0/s1. The number of hydrogen-bond acceptors (Lipinski definition) is 5. The minimum absolute atomic E-state index is 0.534. The predicted molar refractivity (Wildman–Crippen MR) is 39.4 cm³/mol. The van der Waals surface area contributed by atoms with Crippen LogP contribution in [0, 0.1) is 0 Å². The van der Waals surface area contributed by atoms with Crippen molar-refractivity contribution in [2.24, 2.45) is 0 Å². The summed E-state index contributed by atoms with van der Waals surface area (Å²) in [6.07, 6.45) is -4.86. The molecular formula is C7H14O5. The van der Waals surface area contributed by atoms with E-state index in [-0.39, 0.29) is 0 Å². The van der Waals surface area contributed by atoms with Gasteiger partial charge in [0.25, 0.3) is 0 Å². The number of rotatable bonds is 1. The summed E-state index contributed by atoms with van der Waals surface area (Å²) in [4.78, 5) is 0. The SMILES string of the molecule is COC1OC(C)C(O)[C@H](O)C1O. The normalized spacial score (nSPS) is 49.2. The Balaban J connectivity index is 2.63. The minimum atomic E-state index is -1.21. The second-order valence-electron chi connectivity index (χ2n) is 2.92. The third kappa shape index (κ3) is 1.60.